The Balaban J connectivity index is 1.39. The average molecular weight is 365 g/mol. The molecule has 5 heterocycles. The first-order chi connectivity index (χ1) is 13.2. The third kappa shape index (κ3) is 2.87. The molecule has 4 fully saturated rings. The molecule has 1 aromatic heterocycles. The number of benzene rings is 1. The number of amides is 1. The maximum absolute atomic E-state index is 13.2. The fraction of sp³-hybridized carbons (Fsp3) is 0.571. The van der Waals surface area contributed by atoms with Crippen LogP contribution < -0.4 is 0 Å². The molecule has 6 heteroatoms. The minimum absolute atomic E-state index is 0.278. The standard InChI is InChI=1S/C21H27N5O/c1-24-14-22-23-18(24)7-8-19(27)26-13-17(15-5-3-2-4-6-15)21-20(26)16-9-11-25(21)12-10-16/h2-6,14,16-17,20-21H,7-13H2,1H3. The third-order valence-corrected chi connectivity index (χ3v) is 6.91. The quantitative estimate of drug-likeness (QED) is 0.830. The SMILES string of the molecule is Cn1cnnc1CCC(=O)N1CC(c2ccccc2)C2C1C1CCN2CC1. The van der Waals surface area contributed by atoms with Crippen LogP contribution >= 0.6 is 0 Å². The predicted octanol–water partition coefficient (Wildman–Crippen LogP) is 1.84. The van der Waals surface area contributed by atoms with Gasteiger partial charge in [0.15, 0.2) is 0 Å². The van der Waals surface area contributed by atoms with Crippen molar-refractivity contribution in [2.24, 2.45) is 13.0 Å². The van der Waals surface area contributed by atoms with Gasteiger partial charge < -0.3 is 9.47 Å². The lowest BCUT2D eigenvalue weighted by Crippen LogP contribution is -2.60. The van der Waals surface area contributed by atoms with E-state index in [2.05, 4.69) is 50.3 Å². The average Bonchev–Trinajstić information content (AvgIpc) is 3.33. The highest BCUT2D eigenvalue weighted by atomic mass is 16.2. The minimum atomic E-state index is 0.278. The van der Waals surface area contributed by atoms with Crippen molar-refractivity contribution in [3.63, 3.8) is 0 Å². The Morgan fingerprint density at radius 2 is 1.93 bits per heavy atom. The fourth-order valence-electron chi connectivity index (χ4n) is 5.59. The van der Waals surface area contributed by atoms with E-state index in [1.54, 1.807) is 6.33 Å². The number of carbonyl (C=O) groups is 1. The number of aryl methyl sites for hydroxylation is 2. The van der Waals surface area contributed by atoms with E-state index in [9.17, 15) is 4.79 Å². The van der Waals surface area contributed by atoms with Crippen LogP contribution in [0.3, 0.4) is 0 Å². The van der Waals surface area contributed by atoms with Crippen LogP contribution in [0.4, 0.5) is 0 Å². The van der Waals surface area contributed by atoms with E-state index in [4.69, 9.17) is 0 Å². The van der Waals surface area contributed by atoms with E-state index in [1.165, 1.54) is 31.5 Å². The molecule has 4 saturated heterocycles. The maximum atomic E-state index is 13.2. The van der Waals surface area contributed by atoms with Crippen LogP contribution in [0.2, 0.25) is 0 Å². The molecule has 27 heavy (non-hydrogen) atoms. The van der Waals surface area contributed by atoms with E-state index >= 15 is 0 Å². The maximum Gasteiger partial charge on any atom is 0.223 e. The molecule has 0 N–H and O–H groups in total. The van der Waals surface area contributed by atoms with Crippen molar-refractivity contribution in [2.45, 2.75) is 43.7 Å². The van der Waals surface area contributed by atoms with Crippen LogP contribution in [0.15, 0.2) is 36.7 Å². The highest BCUT2D eigenvalue weighted by molar-refractivity contribution is 5.77. The molecule has 1 aromatic carbocycles. The molecule has 3 atom stereocenters. The second-order valence-corrected chi connectivity index (χ2v) is 8.28. The Bertz CT molecular complexity index is 811. The van der Waals surface area contributed by atoms with Crippen LogP contribution in [0.5, 0.6) is 0 Å². The summed E-state index contributed by atoms with van der Waals surface area (Å²) in [5.74, 6) is 2.25. The summed E-state index contributed by atoms with van der Waals surface area (Å²) in [5, 5.41) is 8.06. The summed E-state index contributed by atoms with van der Waals surface area (Å²) in [4.78, 5) is 18.1. The number of hydrogen-bond donors (Lipinski definition) is 0. The van der Waals surface area contributed by atoms with Gasteiger partial charge in [0.05, 0.1) is 6.04 Å². The summed E-state index contributed by atoms with van der Waals surface area (Å²) in [6.45, 7) is 3.23. The van der Waals surface area contributed by atoms with Gasteiger partial charge in [-0.1, -0.05) is 30.3 Å². The largest absolute Gasteiger partial charge is 0.337 e. The number of piperidine rings is 3. The Morgan fingerprint density at radius 1 is 1.15 bits per heavy atom. The molecular formula is C21H27N5O. The van der Waals surface area contributed by atoms with Crippen LogP contribution in [-0.4, -0.2) is 62.2 Å². The summed E-state index contributed by atoms with van der Waals surface area (Å²) in [6, 6.07) is 11.7. The van der Waals surface area contributed by atoms with Crippen molar-refractivity contribution in [1.82, 2.24) is 24.6 Å². The molecule has 2 bridgehead atoms. The van der Waals surface area contributed by atoms with E-state index in [0.717, 1.165) is 12.4 Å². The molecule has 3 unspecified atom stereocenters. The summed E-state index contributed by atoms with van der Waals surface area (Å²) in [7, 11) is 1.94. The zero-order valence-corrected chi connectivity index (χ0v) is 15.9. The number of hydrogen-bond acceptors (Lipinski definition) is 4. The lowest BCUT2D eigenvalue weighted by molar-refractivity contribution is -0.136. The van der Waals surface area contributed by atoms with Crippen molar-refractivity contribution < 1.29 is 4.79 Å². The summed E-state index contributed by atoms with van der Waals surface area (Å²) < 4.78 is 1.90. The normalized spacial score (nSPS) is 31.9. The highest BCUT2D eigenvalue weighted by Crippen LogP contribution is 2.46. The molecule has 1 amide bonds. The number of likely N-dealkylation sites (tertiary alicyclic amines) is 1. The first-order valence-corrected chi connectivity index (χ1v) is 10.1. The monoisotopic (exact) mass is 365 g/mol. The van der Waals surface area contributed by atoms with Crippen molar-refractivity contribution in [3.05, 3.63) is 48.0 Å². The van der Waals surface area contributed by atoms with E-state index < -0.39 is 0 Å². The zero-order chi connectivity index (χ0) is 18.4. The van der Waals surface area contributed by atoms with E-state index in [1.807, 2.05) is 11.6 Å². The van der Waals surface area contributed by atoms with Gasteiger partial charge in [0.25, 0.3) is 0 Å². The van der Waals surface area contributed by atoms with Gasteiger partial charge in [-0.05, 0) is 37.4 Å². The Labute approximate surface area is 160 Å². The van der Waals surface area contributed by atoms with Gasteiger partial charge in [-0.15, -0.1) is 10.2 Å². The Morgan fingerprint density at radius 3 is 2.63 bits per heavy atom. The third-order valence-electron chi connectivity index (χ3n) is 6.91. The number of carbonyl (C=O) groups excluding carboxylic acids is 1. The predicted molar refractivity (Wildman–Crippen MR) is 102 cm³/mol. The molecule has 0 spiro atoms. The minimum Gasteiger partial charge on any atom is -0.337 e. The van der Waals surface area contributed by atoms with Crippen molar-refractivity contribution in [3.8, 4) is 0 Å². The van der Waals surface area contributed by atoms with Gasteiger partial charge in [0.2, 0.25) is 5.91 Å². The lowest BCUT2D eigenvalue weighted by Gasteiger charge is -2.51. The first kappa shape index (κ1) is 16.9. The molecule has 6 nitrogen and oxygen atoms in total. The zero-order valence-electron chi connectivity index (χ0n) is 15.9. The van der Waals surface area contributed by atoms with Gasteiger partial charge >= 0.3 is 0 Å². The summed E-state index contributed by atoms with van der Waals surface area (Å²) >= 11 is 0. The molecule has 2 aromatic rings. The first-order valence-electron chi connectivity index (χ1n) is 10.1. The molecule has 0 saturated carbocycles. The van der Waals surface area contributed by atoms with Gasteiger partial charge in [0.1, 0.15) is 12.2 Å². The number of fused-ring (bicyclic) bond motifs is 2. The molecule has 142 valence electrons. The van der Waals surface area contributed by atoms with E-state index in [0.29, 0.717) is 36.8 Å². The molecule has 4 aliphatic heterocycles. The molecule has 6 rings (SSSR count). The van der Waals surface area contributed by atoms with Gasteiger partial charge in [-0.25, -0.2) is 0 Å². The van der Waals surface area contributed by atoms with Crippen molar-refractivity contribution >= 4 is 5.91 Å². The number of aromatic nitrogens is 3. The molecule has 4 aliphatic rings. The van der Waals surface area contributed by atoms with Crippen molar-refractivity contribution in [1.29, 1.82) is 0 Å². The fourth-order valence-corrected chi connectivity index (χ4v) is 5.59. The second-order valence-electron chi connectivity index (χ2n) is 8.28. The van der Waals surface area contributed by atoms with Crippen LogP contribution in [0.1, 0.15) is 36.6 Å². The smallest absolute Gasteiger partial charge is 0.223 e. The summed E-state index contributed by atoms with van der Waals surface area (Å²) in [6.07, 6.45) is 5.34. The van der Waals surface area contributed by atoms with E-state index in [-0.39, 0.29) is 5.91 Å². The lowest BCUT2D eigenvalue weighted by atomic mass is 9.75. The van der Waals surface area contributed by atoms with Gasteiger partial charge in [-0.2, -0.15) is 0 Å². The van der Waals surface area contributed by atoms with Crippen LogP contribution in [0, 0.1) is 5.92 Å². The Kier molecular flexibility index (Phi) is 4.23. The summed E-state index contributed by atoms with van der Waals surface area (Å²) in [5.41, 5.74) is 1.38. The van der Waals surface area contributed by atoms with Gasteiger partial charge in [-0.3, -0.25) is 9.69 Å². The van der Waals surface area contributed by atoms with Crippen molar-refractivity contribution in [2.75, 3.05) is 19.6 Å². The number of nitrogens with zero attached hydrogens (tertiary/aromatic N) is 5. The number of rotatable bonds is 4. The molecule has 0 radical (unpaired) electrons. The topological polar surface area (TPSA) is 54.3 Å². The molecule has 0 aliphatic carbocycles. The highest BCUT2D eigenvalue weighted by Gasteiger charge is 2.54. The van der Waals surface area contributed by atoms with Crippen LogP contribution in [-0.2, 0) is 18.3 Å². The Hall–Kier alpha value is -2.21. The molecular weight excluding hydrogens is 338 g/mol. The second kappa shape index (κ2) is 6.75. The van der Waals surface area contributed by atoms with Gasteiger partial charge in [0, 0.05) is 38.4 Å². The van der Waals surface area contributed by atoms with Crippen LogP contribution in [0.25, 0.3) is 0 Å².